The van der Waals surface area contributed by atoms with Crippen LogP contribution < -0.4 is 5.73 Å². The van der Waals surface area contributed by atoms with E-state index in [1.54, 1.807) is 0 Å². The van der Waals surface area contributed by atoms with Gasteiger partial charge in [-0.25, -0.2) is 0 Å². The van der Waals surface area contributed by atoms with E-state index in [9.17, 15) is 0 Å². The Kier molecular flexibility index (Phi) is 4.50. The van der Waals surface area contributed by atoms with Gasteiger partial charge in [0, 0.05) is 19.3 Å². The molecule has 2 rings (SSSR count). The molecule has 2 heterocycles. The predicted molar refractivity (Wildman–Crippen MR) is 69.4 cm³/mol. The smallest absolute Gasteiger partial charge is 0.0991 e. The molecule has 0 amide bonds. The van der Waals surface area contributed by atoms with Crippen LogP contribution in [-0.4, -0.2) is 13.2 Å². The summed E-state index contributed by atoms with van der Waals surface area (Å²) in [5, 5.41) is 0. The summed E-state index contributed by atoms with van der Waals surface area (Å²) < 4.78 is 6.77. The highest BCUT2D eigenvalue weighted by Gasteiger charge is 2.20. The first-order chi connectivity index (χ1) is 7.66. The molecule has 0 aliphatic carbocycles. The van der Waals surface area contributed by atoms with Gasteiger partial charge in [0.05, 0.1) is 8.67 Å². The van der Waals surface area contributed by atoms with Crippen molar-refractivity contribution in [2.24, 2.45) is 11.7 Å². The Labute approximate surface area is 110 Å². The number of ether oxygens (including phenoxy) is 1. The van der Waals surface area contributed by atoms with Gasteiger partial charge in [-0.05, 0) is 36.8 Å². The quantitative estimate of drug-likeness (QED) is 0.912. The molecule has 5 heteroatoms. The van der Waals surface area contributed by atoms with Gasteiger partial charge in [0.2, 0.25) is 0 Å². The second-order valence-corrected chi connectivity index (χ2v) is 6.46. The van der Waals surface area contributed by atoms with E-state index in [2.05, 4.69) is 0 Å². The summed E-state index contributed by atoms with van der Waals surface area (Å²) in [5.74, 6) is 0.651. The molecule has 1 aromatic heterocycles. The number of rotatable bonds is 3. The number of thiophene rings is 1. The SMILES string of the molecule is NC(CC1CCOCC1)c1cc(Cl)sc1Cl. The maximum absolute atomic E-state index is 6.16. The number of hydrogen-bond donors (Lipinski definition) is 1. The highest BCUT2D eigenvalue weighted by molar-refractivity contribution is 7.20. The minimum Gasteiger partial charge on any atom is -0.381 e. The summed E-state index contributed by atoms with van der Waals surface area (Å²) in [6, 6.07) is 1.89. The second kappa shape index (κ2) is 5.69. The Morgan fingerprint density at radius 2 is 2.12 bits per heavy atom. The molecule has 0 bridgehead atoms. The fraction of sp³-hybridized carbons (Fsp3) is 0.636. The van der Waals surface area contributed by atoms with Gasteiger partial charge in [0.25, 0.3) is 0 Å². The van der Waals surface area contributed by atoms with E-state index in [0.717, 1.165) is 42.4 Å². The first kappa shape index (κ1) is 12.7. The molecule has 0 radical (unpaired) electrons. The summed E-state index contributed by atoms with van der Waals surface area (Å²) >= 11 is 13.4. The highest BCUT2D eigenvalue weighted by Crippen LogP contribution is 2.37. The van der Waals surface area contributed by atoms with Crippen LogP contribution in [0.4, 0.5) is 0 Å². The van der Waals surface area contributed by atoms with Crippen LogP contribution in [0.5, 0.6) is 0 Å². The lowest BCUT2D eigenvalue weighted by Crippen LogP contribution is -2.21. The Hall–Kier alpha value is 0.200. The van der Waals surface area contributed by atoms with Crippen LogP contribution in [-0.2, 0) is 4.74 Å². The van der Waals surface area contributed by atoms with Crippen LogP contribution in [0.15, 0.2) is 6.07 Å². The summed E-state index contributed by atoms with van der Waals surface area (Å²) in [4.78, 5) is 0. The third-order valence-electron chi connectivity index (χ3n) is 3.01. The summed E-state index contributed by atoms with van der Waals surface area (Å²) in [6.45, 7) is 1.71. The third kappa shape index (κ3) is 3.11. The lowest BCUT2D eigenvalue weighted by molar-refractivity contribution is 0.0618. The molecule has 1 saturated heterocycles. The fourth-order valence-electron chi connectivity index (χ4n) is 2.07. The Morgan fingerprint density at radius 1 is 1.44 bits per heavy atom. The van der Waals surface area contributed by atoms with Gasteiger partial charge < -0.3 is 10.5 Å². The van der Waals surface area contributed by atoms with Crippen molar-refractivity contribution in [3.8, 4) is 0 Å². The van der Waals surface area contributed by atoms with Crippen LogP contribution in [0.2, 0.25) is 8.67 Å². The molecule has 1 atom stereocenters. The van der Waals surface area contributed by atoms with E-state index in [4.69, 9.17) is 33.7 Å². The minimum absolute atomic E-state index is 0.000602. The Balaban J connectivity index is 1.96. The molecule has 0 aromatic carbocycles. The molecule has 90 valence electrons. The fourth-order valence-corrected chi connectivity index (χ4v) is 3.67. The van der Waals surface area contributed by atoms with E-state index in [-0.39, 0.29) is 6.04 Å². The predicted octanol–water partition coefficient (Wildman–Crippen LogP) is 3.87. The molecule has 1 aliphatic rings. The van der Waals surface area contributed by atoms with E-state index < -0.39 is 0 Å². The lowest BCUT2D eigenvalue weighted by atomic mass is 9.91. The van der Waals surface area contributed by atoms with Crippen LogP contribution in [0.25, 0.3) is 0 Å². The van der Waals surface area contributed by atoms with Gasteiger partial charge >= 0.3 is 0 Å². The van der Waals surface area contributed by atoms with Crippen molar-refractivity contribution in [1.29, 1.82) is 0 Å². The van der Waals surface area contributed by atoms with Crippen molar-refractivity contribution < 1.29 is 4.74 Å². The zero-order valence-corrected chi connectivity index (χ0v) is 11.2. The normalized spacial score (nSPS) is 19.9. The molecular weight excluding hydrogens is 265 g/mol. The van der Waals surface area contributed by atoms with Crippen LogP contribution >= 0.6 is 34.5 Å². The van der Waals surface area contributed by atoms with Crippen molar-refractivity contribution in [2.45, 2.75) is 25.3 Å². The maximum atomic E-state index is 6.16. The van der Waals surface area contributed by atoms with Crippen molar-refractivity contribution in [2.75, 3.05) is 13.2 Å². The number of nitrogens with two attached hydrogens (primary N) is 1. The van der Waals surface area contributed by atoms with E-state index in [0.29, 0.717) is 10.3 Å². The van der Waals surface area contributed by atoms with Gasteiger partial charge in [0.15, 0.2) is 0 Å². The van der Waals surface area contributed by atoms with Gasteiger partial charge in [-0.1, -0.05) is 23.2 Å². The Bertz CT molecular complexity index is 350. The first-order valence-corrected chi connectivity index (χ1v) is 7.02. The van der Waals surface area contributed by atoms with Gasteiger partial charge in [-0.3, -0.25) is 0 Å². The lowest BCUT2D eigenvalue weighted by Gasteiger charge is -2.24. The topological polar surface area (TPSA) is 35.2 Å². The molecule has 1 aromatic rings. The van der Waals surface area contributed by atoms with Crippen molar-refractivity contribution in [3.63, 3.8) is 0 Å². The molecule has 1 aliphatic heterocycles. The van der Waals surface area contributed by atoms with Gasteiger partial charge in [-0.15, -0.1) is 11.3 Å². The molecule has 2 N–H and O–H groups in total. The third-order valence-corrected chi connectivity index (χ3v) is 4.53. The Morgan fingerprint density at radius 3 is 2.69 bits per heavy atom. The van der Waals surface area contributed by atoms with E-state index in [1.165, 1.54) is 11.3 Å². The standard InChI is InChI=1S/C11H15Cl2NOS/c12-10-6-8(11(13)16-10)9(14)5-7-1-3-15-4-2-7/h6-7,9H,1-5,14H2. The molecule has 16 heavy (non-hydrogen) atoms. The van der Waals surface area contributed by atoms with Crippen molar-refractivity contribution in [1.82, 2.24) is 0 Å². The zero-order valence-electron chi connectivity index (χ0n) is 8.92. The maximum Gasteiger partial charge on any atom is 0.0991 e. The zero-order chi connectivity index (χ0) is 11.5. The molecule has 2 nitrogen and oxygen atoms in total. The average Bonchev–Trinajstić information content (AvgIpc) is 2.59. The highest BCUT2D eigenvalue weighted by atomic mass is 35.5. The molecule has 0 spiro atoms. The van der Waals surface area contributed by atoms with Gasteiger partial charge in [-0.2, -0.15) is 0 Å². The second-order valence-electron chi connectivity index (χ2n) is 4.18. The van der Waals surface area contributed by atoms with Crippen LogP contribution in [0, 0.1) is 5.92 Å². The monoisotopic (exact) mass is 279 g/mol. The summed E-state index contributed by atoms with van der Waals surface area (Å²) in [6.07, 6.45) is 3.17. The summed E-state index contributed by atoms with van der Waals surface area (Å²) in [5.41, 5.74) is 7.15. The van der Waals surface area contributed by atoms with Crippen LogP contribution in [0.3, 0.4) is 0 Å². The van der Waals surface area contributed by atoms with Crippen molar-refractivity contribution in [3.05, 3.63) is 20.3 Å². The summed E-state index contributed by atoms with van der Waals surface area (Å²) in [7, 11) is 0. The minimum atomic E-state index is -0.000602. The van der Waals surface area contributed by atoms with Crippen LogP contribution in [0.1, 0.15) is 30.9 Å². The van der Waals surface area contributed by atoms with Crippen molar-refractivity contribution >= 4 is 34.5 Å². The largest absolute Gasteiger partial charge is 0.381 e. The van der Waals surface area contributed by atoms with Gasteiger partial charge in [0.1, 0.15) is 0 Å². The number of halogens is 2. The number of hydrogen-bond acceptors (Lipinski definition) is 3. The molecule has 1 unspecified atom stereocenters. The molecule has 0 saturated carbocycles. The van der Waals surface area contributed by atoms with E-state index >= 15 is 0 Å². The first-order valence-electron chi connectivity index (χ1n) is 5.45. The molecular formula is C11H15Cl2NOS. The average molecular weight is 280 g/mol. The van der Waals surface area contributed by atoms with E-state index in [1.807, 2.05) is 6.07 Å². The molecule has 1 fully saturated rings.